The fraction of sp³-hybridized carbons (Fsp3) is 0.526. The van der Waals surface area contributed by atoms with Crippen LogP contribution >= 0.6 is 35.3 Å². The second-order valence-corrected chi connectivity index (χ2v) is 17.9. The van der Waals surface area contributed by atoms with Crippen LogP contribution in [0.15, 0.2) is 14.7 Å². The van der Waals surface area contributed by atoms with E-state index in [2.05, 4.69) is 31.9 Å². The van der Waals surface area contributed by atoms with Gasteiger partial charge in [-0.05, 0) is 37.8 Å². The SMILES string of the molecule is NCCc1c(SC[C@H](NC(=O)CC[C@H](N)C(=O)O)C(=O)NCC(=O)O)c(O)c(O)c(SC[C@H](NC(=O)CC[C@H](N)C(=O)O)C(=O)NCC(=O)O)c1SC[C@H](NC(=O)CC[C@H](N)C(=O)O)C(=O)NCC(=O)O. The van der Waals surface area contributed by atoms with Crippen molar-refractivity contribution < 1.29 is 98.4 Å². The lowest BCUT2D eigenvalue weighted by Crippen LogP contribution is -2.49. The number of thioether (sulfide) groups is 3. The van der Waals surface area contributed by atoms with Crippen molar-refractivity contribution in [3.63, 3.8) is 0 Å². The third kappa shape index (κ3) is 23.2. The second kappa shape index (κ2) is 31.6. The van der Waals surface area contributed by atoms with Gasteiger partial charge in [0, 0.05) is 41.4 Å². The highest BCUT2D eigenvalue weighted by molar-refractivity contribution is 8.02. The van der Waals surface area contributed by atoms with Crippen molar-refractivity contribution in [3.05, 3.63) is 5.56 Å². The molecule has 0 aliphatic rings. The molecule has 0 spiro atoms. The highest BCUT2D eigenvalue weighted by Gasteiger charge is 2.32. The van der Waals surface area contributed by atoms with Crippen molar-refractivity contribution >= 4 is 107 Å². The van der Waals surface area contributed by atoms with E-state index in [1.165, 1.54) is 0 Å². The first-order valence-corrected chi connectivity index (χ1v) is 23.7. The van der Waals surface area contributed by atoms with E-state index in [0.717, 1.165) is 0 Å². The Kier molecular flexibility index (Phi) is 27.7. The molecule has 0 saturated heterocycles. The second-order valence-electron chi connectivity index (χ2n) is 14.8. The predicted molar refractivity (Wildman–Crippen MR) is 247 cm³/mol. The van der Waals surface area contributed by atoms with Crippen LogP contribution < -0.4 is 54.8 Å². The number of hydrogen-bond acceptors (Lipinski definition) is 21. The predicted octanol–water partition coefficient (Wildman–Crippen LogP) is -5.49. The monoisotopic (exact) mass is 1070 g/mol. The fourth-order valence-corrected chi connectivity index (χ4v) is 9.28. The van der Waals surface area contributed by atoms with Crippen LogP contribution in [0, 0.1) is 0 Å². The number of amides is 6. The van der Waals surface area contributed by atoms with Crippen LogP contribution in [0.2, 0.25) is 0 Å². The van der Waals surface area contributed by atoms with Crippen molar-refractivity contribution in [2.75, 3.05) is 43.4 Å². The summed E-state index contributed by atoms with van der Waals surface area (Å²) in [4.78, 5) is 146. The van der Waals surface area contributed by atoms with Gasteiger partial charge in [-0.3, -0.25) is 57.5 Å². The van der Waals surface area contributed by atoms with Gasteiger partial charge in [-0.15, -0.1) is 35.3 Å². The molecule has 1 aromatic rings. The quantitative estimate of drug-likeness (QED) is 0.0223. The molecule has 33 heteroatoms. The zero-order valence-electron chi connectivity index (χ0n) is 37.4. The highest BCUT2D eigenvalue weighted by atomic mass is 32.2. The van der Waals surface area contributed by atoms with Gasteiger partial charge in [0.1, 0.15) is 55.9 Å². The molecule has 0 fully saturated rings. The van der Waals surface area contributed by atoms with E-state index in [1.807, 2.05) is 0 Å². The Hall–Kier alpha value is -6.65. The first-order valence-electron chi connectivity index (χ1n) is 20.7. The van der Waals surface area contributed by atoms with E-state index in [-0.39, 0.29) is 39.6 Å². The lowest BCUT2D eigenvalue weighted by Gasteiger charge is -2.25. The normalized spacial score (nSPS) is 13.4. The Balaban J connectivity index is 4.05. The van der Waals surface area contributed by atoms with Gasteiger partial charge in [0.2, 0.25) is 35.4 Å². The van der Waals surface area contributed by atoms with Crippen LogP contribution in [-0.2, 0) is 64.0 Å². The number of phenolic OH excluding ortho intramolecular Hbond substituents is 2. The van der Waals surface area contributed by atoms with E-state index in [4.69, 9.17) is 43.4 Å². The fourth-order valence-electron chi connectivity index (χ4n) is 5.46. The van der Waals surface area contributed by atoms with Gasteiger partial charge >= 0.3 is 35.8 Å². The van der Waals surface area contributed by atoms with Crippen LogP contribution in [0.1, 0.15) is 44.1 Å². The van der Waals surface area contributed by atoms with Crippen molar-refractivity contribution in [1.29, 1.82) is 0 Å². The molecule has 0 saturated carbocycles. The zero-order valence-corrected chi connectivity index (χ0v) is 39.8. The number of carboxylic acid groups (broad SMARTS) is 6. The lowest BCUT2D eigenvalue weighted by molar-refractivity contribution is -0.140. The Morgan fingerprint density at radius 3 is 1.01 bits per heavy atom. The lowest BCUT2D eigenvalue weighted by atomic mass is 10.1. The summed E-state index contributed by atoms with van der Waals surface area (Å²) in [6.07, 6.45) is -3.02. The maximum atomic E-state index is 13.4. The number of hydrogen-bond donors (Lipinski definition) is 18. The van der Waals surface area contributed by atoms with Crippen LogP contribution in [0.3, 0.4) is 0 Å². The molecule has 0 aromatic heterocycles. The minimum absolute atomic E-state index is 0.0192. The Labute approximate surface area is 414 Å². The standard InChI is InChI=1S/C38H56N10O20S3/c39-8-7-15-30(69-12-19(33(60)43-9-25(52)53)46-22(49)4-1-16(40)36(63)64)28(58)29(59)32(71-14-21(35(62)45-11-27(56)57)48-24(51)6-3-18(42)38(67)68)31(15)70-13-20(34(61)44-10-26(54)55)47-23(50)5-2-17(41)37(65)66/h16-21,58-59H,1-14,39-42H2,(H,43,60)(H,44,61)(H,45,62)(H,46,49)(H,47,50)(H,48,51)(H,52,53)(H,54,55)(H,56,57)(H,63,64)(H,65,66)(H,67,68)/t16-,17-,18-,19-,20-,21-/m0/s1. The molecule has 1 aromatic carbocycles. The topological polar surface area (TPSA) is 543 Å². The summed E-state index contributed by atoms with van der Waals surface area (Å²) in [5.74, 6) is -18.4. The zero-order chi connectivity index (χ0) is 54.1. The Morgan fingerprint density at radius 1 is 0.451 bits per heavy atom. The van der Waals surface area contributed by atoms with Crippen LogP contribution in [0.4, 0.5) is 0 Å². The number of nitrogens with two attached hydrogens (primary N) is 4. The smallest absolute Gasteiger partial charge is 0.322 e. The van der Waals surface area contributed by atoms with E-state index in [0.29, 0.717) is 35.3 Å². The van der Waals surface area contributed by atoms with Gasteiger partial charge in [0.15, 0.2) is 11.5 Å². The van der Waals surface area contributed by atoms with Crippen LogP contribution in [0.25, 0.3) is 0 Å². The summed E-state index contributed by atoms with van der Waals surface area (Å²) in [5, 5.41) is 91.5. The van der Waals surface area contributed by atoms with E-state index < -0.39 is 188 Å². The average molecular weight is 1070 g/mol. The third-order valence-electron chi connectivity index (χ3n) is 9.18. The van der Waals surface area contributed by atoms with Gasteiger partial charge in [-0.1, -0.05) is 0 Å². The van der Waals surface area contributed by atoms with Gasteiger partial charge in [0.05, 0.1) is 9.79 Å². The molecule has 1 rings (SSSR count). The number of aromatic hydroxyl groups is 2. The molecule has 396 valence electrons. The maximum Gasteiger partial charge on any atom is 0.322 e. The molecule has 30 nitrogen and oxygen atoms in total. The average Bonchev–Trinajstić information content (AvgIpc) is 3.30. The molecule has 6 atom stereocenters. The molecule has 0 bridgehead atoms. The molecule has 0 aliphatic heterocycles. The van der Waals surface area contributed by atoms with E-state index in [9.17, 15) is 78.0 Å². The molecule has 0 aliphatic carbocycles. The van der Waals surface area contributed by atoms with Crippen molar-refractivity contribution in [1.82, 2.24) is 31.9 Å². The summed E-state index contributed by atoms with van der Waals surface area (Å²) in [7, 11) is 0. The number of benzene rings is 1. The summed E-state index contributed by atoms with van der Waals surface area (Å²) in [6, 6.07) is -9.39. The number of rotatable bonds is 35. The molecule has 71 heavy (non-hydrogen) atoms. The summed E-state index contributed by atoms with van der Waals surface area (Å²) < 4.78 is 0. The van der Waals surface area contributed by atoms with E-state index in [1.54, 1.807) is 0 Å². The number of nitrogens with one attached hydrogen (secondary N) is 6. The van der Waals surface area contributed by atoms with Crippen LogP contribution in [-0.4, -0.2) is 192 Å². The summed E-state index contributed by atoms with van der Waals surface area (Å²) >= 11 is 1.80. The first-order chi connectivity index (χ1) is 33.2. The number of carbonyl (C=O) groups excluding carboxylic acids is 6. The van der Waals surface area contributed by atoms with Crippen molar-refractivity contribution in [3.8, 4) is 11.5 Å². The molecular formula is C38H56N10O20S3. The third-order valence-corrected chi connectivity index (χ3v) is 13.0. The Morgan fingerprint density at radius 2 is 0.732 bits per heavy atom. The number of carboxylic acids is 6. The maximum absolute atomic E-state index is 13.4. The minimum Gasteiger partial charge on any atom is -0.503 e. The molecule has 0 unspecified atom stereocenters. The molecule has 22 N–H and O–H groups in total. The first kappa shape index (κ1) is 62.4. The van der Waals surface area contributed by atoms with Crippen LogP contribution in [0.5, 0.6) is 11.5 Å². The van der Waals surface area contributed by atoms with Crippen molar-refractivity contribution in [2.24, 2.45) is 22.9 Å². The summed E-state index contributed by atoms with van der Waals surface area (Å²) in [6.45, 7) is -3.06. The number of carbonyl (C=O) groups is 12. The molecule has 6 amide bonds. The van der Waals surface area contributed by atoms with E-state index >= 15 is 0 Å². The minimum atomic E-state index is -1.66. The highest BCUT2D eigenvalue weighted by Crippen LogP contribution is 2.51. The van der Waals surface area contributed by atoms with Gasteiger partial charge < -0.3 is 95.7 Å². The summed E-state index contributed by atoms with van der Waals surface area (Å²) in [5.41, 5.74) is 22.5. The van der Waals surface area contributed by atoms with Gasteiger partial charge in [-0.25, -0.2) is 0 Å². The van der Waals surface area contributed by atoms with Gasteiger partial charge in [-0.2, -0.15) is 0 Å². The van der Waals surface area contributed by atoms with Crippen molar-refractivity contribution in [2.45, 2.75) is 95.9 Å². The number of phenols is 2. The molecule has 0 heterocycles. The molecular weight excluding hydrogens is 1010 g/mol. The number of aliphatic carboxylic acids is 6. The molecule has 0 radical (unpaired) electrons. The van der Waals surface area contributed by atoms with Gasteiger partial charge in [0.25, 0.3) is 0 Å². The Bertz CT molecular complexity index is 2150. The largest absolute Gasteiger partial charge is 0.503 e.